The molecule has 0 aliphatic heterocycles. The maximum Gasteiger partial charge on any atom is 0.142 e. The quantitative estimate of drug-likeness (QED) is 0.836. The fourth-order valence-corrected chi connectivity index (χ4v) is 2.22. The molecule has 0 aliphatic carbocycles. The third kappa shape index (κ3) is 4.14. The largest absolute Gasteiger partial charge is 0.487 e. The van der Waals surface area contributed by atoms with Crippen LogP contribution in [-0.2, 0) is 13.2 Å². The summed E-state index contributed by atoms with van der Waals surface area (Å²) < 4.78 is 5.88. The van der Waals surface area contributed by atoms with Gasteiger partial charge in [0.1, 0.15) is 12.4 Å². The Morgan fingerprint density at radius 1 is 1.05 bits per heavy atom. The molecule has 106 valence electrons. The fourth-order valence-electron chi connectivity index (χ4n) is 1.85. The Morgan fingerprint density at radius 2 is 1.80 bits per heavy atom. The molecule has 0 amide bonds. The summed E-state index contributed by atoms with van der Waals surface area (Å²) in [5, 5.41) is 4.64. The molecular formula is C16H17Cl2NO. The molecule has 2 nitrogen and oxygen atoms in total. The van der Waals surface area contributed by atoms with Crippen molar-refractivity contribution in [3.05, 3.63) is 63.6 Å². The average Bonchev–Trinajstić information content (AvgIpc) is 2.46. The van der Waals surface area contributed by atoms with Gasteiger partial charge in [0.25, 0.3) is 0 Å². The number of rotatable bonds is 6. The number of halogens is 2. The van der Waals surface area contributed by atoms with E-state index in [1.165, 1.54) is 0 Å². The van der Waals surface area contributed by atoms with E-state index < -0.39 is 0 Å². The monoisotopic (exact) mass is 309 g/mol. The molecule has 0 spiro atoms. The van der Waals surface area contributed by atoms with E-state index in [9.17, 15) is 0 Å². The molecule has 2 aromatic rings. The first-order chi connectivity index (χ1) is 9.70. The van der Waals surface area contributed by atoms with Gasteiger partial charge in [0.15, 0.2) is 0 Å². The summed E-state index contributed by atoms with van der Waals surface area (Å²) in [6.07, 6.45) is 0. The maximum atomic E-state index is 6.23. The summed E-state index contributed by atoms with van der Waals surface area (Å²) in [7, 11) is 0. The predicted octanol–water partition coefficient (Wildman–Crippen LogP) is 4.68. The average molecular weight is 310 g/mol. The zero-order valence-electron chi connectivity index (χ0n) is 11.3. The second kappa shape index (κ2) is 7.53. The van der Waals surface area contributed by atoms with Crippen molar-refractivity contribution < 1.29 is 4.74 Å². The van der Waals surface area contributed by atoms with Gasteiger partial charge in [0.05, 0.1) is 5.02 Å². The molecule has 4 heteroatoms. The Labute approximate surface area is 129 Å². The SMILES string of the molecule is CCNCc1cccc(Cl)c1OCc1ccc(Cl)cc1. The topological polar surface area (TPSA) is 21.3 Å². The van der Waals surface area contributed by atoms with E-state index in [1.54, 1.807) is 0 Å². The molecule has 0 saturated heterocycles. The maximum absolute atomic E-state index is 6.23. The first-order valence-corrected chi connectivity index (χ1v) is 7.31. The summed E-state index contributed by atoms with van der Waals surface area (Å²) in [6.45, 7) is 4.19. The minimum Gasteiger partial charge on any atom is -0.487 e. The van der Waals surface area contributed by atoms with Gasteiger partial charge in [-0.3, -0.25) is 0 Å². The molecule has 0 fully saturated rings. The predicted molar refractivity (Wildman–Crippen MR) is 84.6 cm³/mol. The Kier molecular flexibility index (Phi) is 5.72. The van der Waals surface area contributed by atoms with Gasteiger partial charge >= 0.3 is 0 Å². The van der Waals surface area contributed by atoms with Crippen LogP contribution >= 0.6 is 23.2 Å². The van der Waals surface area contributed by atoms with E-state index in [4.69, 9.17) is 27.9 Å². The number of hydrogen-bond acceptors (Lipinski definition) is 2. The summed E-state index contributed by atoms with van der Waals surface area (Å²) in [5.41, 5.74) is 2.12. The first kappa shape index (κ1) is 15.2. The summed E-state index contributed by atoms with van der Waals surface area (Å²) >= 11 is 12.1. The summed E-state index contributed by atoms with van der Waals surface area (Å²) in [6, 6.07) is 13.4. The van der Waals surface area contributed by atoms with Crippen molar-refractivity contribution >= 4 is 23.2 Å². The van der Waals surface area contributed by atoms with E-state index >= 15 is 0 Å². The van der Waals surface area contributed by atoms with Crippen molar-refractivity contribution in [2.45, 2.75) is 20.1 Å². The fraction of sp³-hybridized carbons (Fsp3) is 0.250. The zero-order chi connectivity index (χ0) is 14.4. The van der Waals surface area contributed by atoms with Gasteiger partial charge in [-0.1, -0.05) is 54.4 Å². The first-order valence-electron chi connectivity index (χ1n) is 6.56. The van der Waals surface area contributed by atoms with E-state index in [2.05, 4.69) is 12.2 Å². The van der Waals surface area contributed by atoms with Crippen LogP contribution in [0.15, 0.2) is 42.5 Å². The van der Waals surface area contributed by atoms with Crippen molar-refractivity contribution in [1.29, 1.82) is 0 Å². The Hall–Kier alpha value is -1.22. The lowest BCUT2D eigenvalue weighted by molar-refractivity contribution is 0.302. The van der Waals surface area contributed by atoms with Crippen molar-refractivity contribution in [2.24, 2.45) is 0 Å². The molecular weight excluding hydrogens is 293 g/mol. The molecule has 0 unspecified atom stereocenters. The van der Waals surface area contributed by atoms with Gasteiger partial charge in [-0.05, 0) is 30.3 Å². The molecule has 0 aromatic heterocycles. The smallest absolute Gasteiger partial charge is 0.142 e. The van der Waals surface area contributed by atoms with Crippen molar-refractivity contribution in [3.63, 3.8) is 0 Å². The molecule has 0 heterocycles. The molecule has 0 aliphatic rings. The lowest BCUT2D eigenvalue weighted by Crippen LogP contribution is -2.13. The van der Waals surface area contributed by atoms with E-state index in [1.807, 2.05) is 42.5 Å². The van der Waals surface area contributed by atoms with Crippen LogP contribution in [-0.4, -0.2) is 6.54 Å². The second-order valence-electron chi connectivity index (χ2n) is 4.42. The van der Waals surface area contributed by atoms with Gasteiger partial charge in [0, 0.05) is 17.1 Å². The van der Waals surface area contributed by atoms with Crippen LogP contribution in [0.3, 0.4) is 0 Å². The Balaban J connectivity index is 2.09. The second-order valence-corrected chi connectivity index (χ2v) is 5.27. The Morgan fingerprint density at radius 3 is 2.50 bits per heavy atom. The van der Waals surface area contributed by atoms with Crippen LogP contribution in [0.4, 0.5) is 0 Å². The molecule has 0 atom stereocenters. The molecule has 0 radical (unpaired) electrons. The van der Waals surface area contributed by atoms with Gasteiger partial charge in [-0.15, -0.1) is 0 Å². The molecule has 1 N–H and O–H groups in total. The molecule has 20 heavy (non-hydrogen) atoms. The highest BCUT2D eigenvalue weighted by atomic mass is 35.5. The standard InChI is InChI=1S/C16H17Cl2NO/c1-2-19-10-13-4-3-5-15(18)16(13)20-11-12-6-8-14(17)9-7-12/h3-9,19H,2,10-11H2,1H3. The molecule has 0 saturated carbocycles. The number of benzene rings is 2. The third-order valence-electron chi connectivity index (χ3n) is 2.91. The van der Waals surface area contributed by atoms with Crippen LogP contribution in [0.1, 0.15) is 18.1 Å². The van der Waals surface area contributed by atoms with Crippen molar-refractivity contribution in [2.75, 3.05) is 6.54 Å². The minimum absolute atomic E-state index is 0.472. The van der Waals surface area contributed by atoms with Crippen LogP contribution in [0.25, 0.3) is 0 Å². The van der Waals surface area contributed by atoms with Gasteiger partial charge in [0.2, 0.25) is 0 Å². The minimum atomic E-state index is 0.472. The van der Waals surface area contributed by atoms with Crippen LogP contribution in [0.2, 0.25) is 10.0 Å². The van der Waals surface area contributed by atoms with E-state index in [0.29, 0.717) is 11.6 Å². The van der Waals surface area contributed by atoms with E-state index in [-0.39, 0.29) is 0 Å². The van der Waals surface area contributed by atoms with Crippen LogP contribution in [0.5, 0.6) is 5.75 Å². The zero-order valence-corrected chi connectivity index (χ0v) is 12.8. The number of hydrogen-bond donors (Lipinski definition) is 1. The molecule has 2 aromatic carbocycles. The molecule has 2 rings (SSSR count). The summed E-state index contributed by atoms with van der Waals surface area (Å²) in [5.74, 6) is 0.741. The normalized spacial score (nSPS) is 10.6. The van der Waals surface area contributed by atoms with Crippen LogP contribution in [0, 0.1) is 0 Å². The Bertz CT molecular complexity index is 555. The van der Waals surface area contributed by atoms with Gasteiger partial charge in [-0.25, -0.2) is 0 Å². The van der Waals surface area contributed by atoms with Crippen molar-refractivity contribution in [3.8, 4) is 5.75 Å². The van der Waals surface area contributed by atoms with Crippen LogP contribution < -0.4 is 10.1 Å². The number of para-hydroxylation sites is 1. The summed E-state index contributed by atoms with van der Waals surface area (Å²) in [4.78, 5) is 0. The van der Waals surface area contributed by atoms with Crippen molar-refractivity contribution in [1.82, 2.24) is 5.32 Å². The lowest BCUT2D eigenvalue weighted by Gasteiger charge is -2.13. The highest BCUT2D eigenvalue weighted by Gasteiger charge is 2.08. The third-order valence-corrected chi connectivity index (χ3v) is 3.46. The van der Waals surface area contributed by atoms with E-state index in [0.717, 1.165) is 35.0 Å². The highest BCUT2D eigenvalue weighted by Crippen LogP contribution is 2.29. The number of nitrogens with one attached hydrogen (secondary N) is 1. The highest BCUT2D eigenvalue weighted by molar-refractivity contribution is 6.32. The van der Waals surface area contributed by atoms with Gasteiger partial charge in [-0.2, -0.15) is 0 Å². The molecule has 0 bridgehead atoms. The lowest BCUT2D eigenvalue weighted by atomic mass is 10.2. The number of ether oxygens (including phenoxy) is 1. The van der Waals surface area contributed by atoms with Gasteiger partial charge < -0.3 is 10.1 Å².